The Labute approximate surface area is 62.8 Å². The zero-order chi connectivity index (χ0) is 7.56. The van der Waals surface area contributed by atoms with Crippen LogP contribution in [0, 0.1) is 0 Å². The fourth-order valence-electron chi connectivity index (χ4n) is 1.32. The zero-order valence-corrected chi connectivity index (χ0v) is 6.88. The van der Waals surface area contributed by atoms with Crippen LogP contribution in [-0.2, 0) is 0 Å². The Balaban J connectivity index is 2.19. The van der Waals surface area contributed by atoms with Gasteiger partial charge in [0.15, 0.2) is 0 Å². The summed E-state index contributed by atoms with van der Waals surface area (Å²) >= 11 is 0. The van der Waals surface area contributed by atoms with Gasteiger partial charge in [0.05, 0.1) is 6.10 Å². The quantitative estimate of drug-likeness (QED) is 0.630. The summed E-state index contributed by atoms with van der Waals surface area (Å²) in [5.74, 6) is 0. The highest BCUT2D eigenvalue weighted by Crippen LogP contribution is 2.26. The van der Waals surface area contributed by atoms with Gasteiger partial charge < -0.3 is 5.11 Å². The summed E-state index contributed by atoms with van der Waals surface area (Å²) in [6.45, 7) is 5.93. The number of aliphatic hydroxyl groups excluding tert-OH is 1. The number of hydrogen-bond acceptors (Lipinski definition) is 2. The molecule has 60 valence electrons. The van der Waals surface area contributed by atoms with Crippen molar-refractivity contribution in [3.63, 3.8) is 0 Å². The number of hydrogen-bond donors (Lipinski definition) is 1. The van der Waals surface area contributed by atoms with Gasteiger partial charge in [0.25, 0.3) is 0 Å². The summed E-state index contributed by atoms with van der Waals surface area (Å²) in [6, 6.07) is 0.791. The van der Waals surface area contributed by atoms with Gasteiger partial charge in [-0.2, -0.15) is 0 Å². The average molecular weight is 143 g/mol. The standard InChI is InChI=1S/C8H17NO/c1-3-9(6-7(2)10)8-4-5-8/h7-8,10H,3-6H2,1-2H3/t7-/m1/s1. The van der Waals surface area contributed by atoms with Gasteiger partial charge in [-0.3, -0.25) is 4.90 Å². The fourth-order valence-corrected chi connectivity index (χ4v) is 1.32. The largest absolute Gasteiger partial charge is 0.392 e. The smallest absolute Gasteiger partial charge is 0.0639 e. The lowest BCUT2D eigenvalue weighted by atomic mass is 10.3. The number of aliphatic hydroxyl groups is 1. The lowest BCUT2D eigenvalue weighted by Crippen LogP contribution is -2.32. The van der Waals surface area contributed by atoms with Crippen LogP contribution in [0.3, 0.4) is 0 Å². The Morgan fingerprint density at radius 1 is 1.60 bits per heavy atom. The molecule has 0 heterocycles. The third-order valence-corrected chi connectivity index (χ3v) is 1.97. The first-order chi connectivity index (χ1) is 4.74. The van der Waals surface area contributed by atoms with Gasteiger partial charge >= 0.3 is 0 Å². The van der Waals surface area contributed by atoms with Crippen molar-refractivity contribution in [2.75, 3.05) is 13.1 Å². The van der Waals surface area contributed by atoms with Crippen LogP contribution < -0.4 is 0 Å². The van der Waals surface area contributed by atoms with Crippen LogP contribution in [0.5, 0.6) is 0 Å². The van der Waals surface area contributed by atoms with Crippen molar-refractivity contribution >= 4 is 0 Å². The molecule has 1 fully saturated rings. The lowest BCUT2D eigenvalue weighted by molar-refractivity contribution is 0.125. The molecule has 1 rings (SSSR count). The minimum absolute atomic E-state index is 0.166. The topological polar surface area (TPSA) is 23.5 Å². The van der Waals surface area contributed by atoms with Crippen molar-refractivity contribution in [1.29, 1.82) is 0 Å². The van der Waals surface area contributed by atoms with Crippen LogP contribution in [0.4, 0.5) is 0 Å². The predicted molar refractivity (Wildman–Crippen MR) is 41.9 cm³/mol. The van der Waals surface area contributed by atoms with E-state index in [1.54, 1.807) is 0 Å². The Bertz CT molecular complexity index is 99.4. The molecule has 2 heteroatoms. The number of likely N-dealkylation sites (N-methyl/N-ethyl adjacent to an activating group) is 1. The van der Waals surface area contributed by atoms with E-state index in [-0.39, 0.29) is 6.10 Å². The molecule has 1 saturated carbocycles. The zero-order valence-electron chi connectivity index (χ0n) is 6.88. The third kappa shape index (κ3) is 2.27. The van der Waals surface area contributed by atoms with Gasteiger partial charge in [-0.1, -0.05) is 6.92 Å². The maximum Gasteiger partial charge on any atom is 0.0639 e. The van der Waals surface area contributed by atoms with Crippen molar-refractivity contribution in [2.24, 2.45) is 0 Å². The van der Waals surface area contributed by atoms with E-state index in [0.717, 1.165) is 19.1 Å². The van der Waals surface area contributed by atoms with Gasteiger partial charge in [-0.15, -0.1) is 0 Å². The molecule has 10 heavy (non-hydrogen) atoms. The Hall–Kier alpha value is -0.0800. The van der Waals surface area contributed by atoms with E-state index in [2.05, 4.69) is 11.8 Å². The van der Waals surface area contributed by atoms with Crippen molar-refractivity contribution in [2.45, 2.75) is 38.8 Å². The SMILES string of the molecule is CCN(C[C@@H](C)O)C1CC1. The molecular formula is C8H17NO. The van der Waals surface area contributed by atoms with Crippen LogP contribution in [0.15, 0.2) is 0 Å². The molecule has 0 aromatic carbocycles. The molecule has 0 saturated heterocycles. The average Bonchev–Trinajstić information content (AvgIpc) is 2.63. The molecule has 0 aliphatic heterocycles. The van der Waals surface area contributed by atoms with Gasteiger partial charge in [0.1, 0.15) is 0 Å². The first kappa shape index (κ1) is 8.02. The first-order valence-electron chi connectivity index (χ1n) is 4.16. The van der Waals surface area contributed by atoms with Crippen molar-refractivity contribution in [3.8, 4) is 0 Å². The summed E-state index contributed by atoms with van der Waals surface area (Å²) in [6.07, 6.45) is 2.50. The molecule has 1 aliphatic rings. The van der Waals surface area contributed by atoms with Crippen LogP contribution >= 0.6 is 0 Å². The summed E-state index contributed by atoms with van der Waals surface area (Å²) in [4.78, 5) is 2.35. The van der Waals surface area contributed by atoms with E-state index < -0.39 is 0 Å². The highest BCUT2D eigenvalue weighted by Gasteiger charge is 2.27. The van der Waals surface area contributed by atoms with Gasteiger partial charge in [0.2, 0.25) is 0 Å². The second-order valence-corrected chi connectivity index (χ2v) is 3.17. The second-order valence-electron chi connectivity index (χ2n) is 3.17. The van der Waals surface area contributed by atoms with E-state index in [4.69, 9.17) is 5.11 Å². The normalized spacial score (nSPS) is 21.6. The maximum atomic E-state index is 9.09. The Kier molecular flexibility index (Phi) is 2.69. The van der Waals surface area contributed by atoms with Crippen molar-refractivity contribution in [1.82, 2.24) is 4.90 Å². The van der Waals surface area contributed by atoms with E-state index in [0.29, 0.717) is 0 Å². The first-order valence-corrected chi connectivity index (χ1v) is 4.16. The molecule has 1 N–H and O–H groups in total. The molecule has 0 bridgehead atoms. The summed E-state index contributed by atoms with van der Waals surface area (Å²) in [7, 11) is 0. The van der Waals surface area contributed by atoms with Crippen LogP contribution in [-0.4, -0.2) is 35.2 Å². The summed E-state index contributed by atoms with van der Waals surface area (Å²) < 4.78 is 0. The van der Waals surface area contributed by atoms with E-state index >= 15 is 0 Å². The molecule has 1 atom stereocenters. The highest BCUT2D eigenvalue weighted by atomic mass is 16.3. The number of rotatable bonds is 4. The molecule has 0 radical (unpaired) electrons. The minimum Gasteiger partial charge on any atom is -0.392 e. The minimum atomic E-state index is -0.166. The summed E-state index contributed by atoms with van der Waals surface area (Å²) in [5, 5.41) is 9.09. The predicted octanol–water partition coefficient (Wildman–Crippen LogP) is 0.851. The molecule has 0 aromatic heterocycles. The van der Waals surface area contributed by atoms with Crippen molar-refractivity contribution in [3.05, 3.63) is 0 Å². The molecule has 2 nitrogen and oxygen atoms in total. The fraction of sp³-hybridized carbons (Fsp3) is 1.00. The molecule has 0 amide bonds. The molecule has 0 unspecified atom stereocenters. The van der Waals surface area contributed by atoms with E-state index in [1.807, 2.05) is 6.92 Å². The van der Waals surface area contributed by atoms with Gasteiger partial charge in [0, 0.05) is 12.6 Å². The Morgan fingerprint density at radius 2 is 2.20 bits per heavy atom. The molecular weight excluding hydrogens is 126 g/mol. The second kappa shape index (κ2) is 3.35. The molecule has 0 aromatic rings. The van der Waals surface area contributed by atoms with E-state index in [1.165, 1.54) is 12.8 Å². The van der Waals surface area contributed by atoms with E-state index in [9.17, 15) is 0 Å². The highest BCUT2D eigenvalue weighted by molar-refractivity contribution is 4.84. The maximum absolute atomic E-state index is 9.09. The van der Waals surface area contributed by atoms with Crippen LogP contribution in [0.25, 0.3) is 0 Å². The lowest BCUT2D eigenvalue weighted by Gasteiger charge is -2.20. The van der Waals surface area contributed by atoms with Crippen molar-refractivity contribution < 1.29 is 5.11 Å². The Morgan fingerprint density at radius 3 is 2.50 bits per heavy atom. The van der Waals surface area contributed by atoms with Gasteiger partial charge in [-0.05, 0) is 26.3 Å². The summed E-state index contributed by atoms with van der Waals surface area (Å²) in [5.41, 5.74) is 0. The van der Waals surface area contributed by atoms with Crippen LogP contribution in [0.1, 0.15) is 26.7 Å². The molecule has 1 aliphatic carbocycles. The monoisotopic (exact) mass is 143 g/mol. The number of nitrogens with zero attached hydrogens (tertiary/aromatic N) is 1. The third-order valence-electron chi connectivity index (χ3n) is 1.97. The van der Waals surface area contributed by atoms with Gasteiger partial charge in [-0.25, -0.2) is 0 Å². The molecule has 0 spiro atoms. The van der Waals surface area contributed by atoms with Crippen LogP contribution in [0.2, 0.25) is 0 Å².